The van der Waals surface area contributed by atoms with Crippen molar-refractivity contribution in [3.8, 4) is 0 Å². The second-order valence-electron chi connectivity index (χ2n) is 6.50. The molecule has 0 radical (unpaired) electrons. The van der Waals surface area contributed by atoms with Crippen LogP contribution in [0.2, 0.25) is 5.15 Å². The van der Waals surface area contributed by atoms with Gasteiger partial charge in [0, 0.05) is 19.2 Å². The molecule has 138 valence electrons. The molecular formula is C19H24ClN5S. The van der Waals surface area contributed by atoms with Crippen LogP contribution >= 0.6 is 23.8 Å². The van der Waals surface area contributed by atoms with Gasteiger partial charge in [-0.2, -0.15) is 4.98 Å². The number of hydrogen-bond acceptors (Lipinski definition) is 4. The van der Waals surface area contributed by atoms with Gasteiger partial charge >= 0.3 is 0 Å². The van der Waals surface area contributed by atoms with Crippen LogP contribution < -0.4 is 15.5 Å². The minimum Gasteiger partial charge on any atom is -0.356 e. The van der Waals surface area contributed by atoms with Crippen molar-refractivity contribution in [2.24, 2.45) is 0 Å². The number of benzene rings is 1. The molecule has 0 spiro atoms. The Kier molecular flexibility index (Phi) is 6.63. The van der Waals surface area contributed by atoms with Crippen molar-refractivity contribution in [1.29, 1.82) is 0 Å². The minimum atomic E-state index is 0.0838. The van der Waals surface area contributed by atoms with E-state index in [0.29, 0.717) is 16.2 Å². The first kappa shape index (κ1) is 18.9. The minimum absolute atomic E-state index is 0.0838. The van der Waals surface area contributed by atoms with E-state index >= 15 is 0 Å². The van der Waals surface area contributed by atoms with E-state index in [1.807, 2.05) is 24.3 Å². The van der Waals surface area contributed by atoms with Gasteiger partial charge < -0.3 is 15.5 Å². The average molecular weight is 390 g/mol. The first-order valence-corrected chi connectivity index (χ1v) is 9.82. The summed E-state index contributed by atoms with van der Waals surface area (Å²) in [6.07, 6.45) is 4.90. The summed E-state index contributed by atoms with van der Waals surface area (Å²) in [6.45, 7) is 4.06. The monoisotopic (exact) mass is 389 g/mol. The van der Waals surface area contributed by atoms with Crippen LogP contribution in [0.3, 0.4) is 0 Å². The molecule has 1 fully saturated rings. The zero-order valence-corrected chi connectivity index (χ0v) is 16.5. The summed E-state index contributed by atoms with van der Waals surface area (Å²) in [7, 11) is 0. The molecule has 0 aliphatic carbocycles. The third-order valence-electron chi connectivity index (χ3n) is 4.48. The lowest BCUT2D eigenvalue weighted by atomic mass is 10.1. The molecule has 3 rings (SSSR count). The van der Waals surface area contributed by atoms with E-state index in [-0.39, 0.29) is 6.04 Å². The van der Waals surface area contributed by atoms with E-state index < -0.39 is 0 Å². The van der Waals surface area contributed by atoms with Gasteiger partial charge in [0.2, 0.25) is 5.95 Å². The van der Waals surface area contributed by atoms with Crippen molar-refractivity contribution < 1.29 is 0 Å². The third-order valence-corrected chi connectivity index (χ3v) is 4.90. The van der Waals surface area contributed by atoms with E-state index in [0.717, 1.165) is 24.5 Å². The SMILES string of the molecule is CC(NC(=S)Nc1nc(Cl)cc(N2CCCCCC2)n1)c1ccccc1. The normalized spacial score (nSPS) is 15.8. The number of nitrogens with zero attached hydrogens (tertiary/aromatic N) is 3. The zero-order chi connectivity index (χ0) is 18.4. The standard InChI is InChI=1S/C19H24ClN5S/c1-14(15-9-5-4-6-10-15)21-19(26)24-18-22-16(20)13-17(23-18)25-11-7-2-3-8-12-25/h4-6,9-10,13-14H,2-3,7-8,11-12H2,1H3,(H2,21,22,23,24,26). The van der Waals surface area contributed by atoms with E-state index in [9.17, 15) is 0 Å². The highest BCUT2D eigenvalue weighted by atomic mass is 35.5. The highest BCUT2D eigenvalue weighted by Gasteiger charge is 2.14. The van der Waals surface area contributed by atoms with Gasteiger partial charge in [0.05, 0.1) is 6.04 Å². The molecule has 1 unspecified atom stereocenters. The molecular weight excluding hydrogens is 366 g/mol. The van der Waals surface area contributed by atoms with Crippen LogP contribution in [0.15, 0.2) is 36.4 Å². The molecule has 5 nitrogen and oxygen atoms in total. The van der Waals surface area contributed by atoms with Gasteiger partial charge in [-0.25, -0.2) is 4.98 Å². The summed E-state index contributed by atoms with van der Waals surface area (Å²) in [5.74, 6) is 1.28. The quantitative estimate of drug-likeness (QED) is 0.590. The Balaban J connectivity index is 1.66. The maximum atomic E-state index is 6.21. The predicted molar refractivity (Wildman–Crippen MR) is 112 cm³/mol. The molecule has 0 bridgehead atoms. The molecule has 1 saturated heterocycles. The number of anilines is 2. The van der Waals surface area contributed by atoms with Gasteiger partial charge in [-0.3, -0.25) is 0 Å². The van der Waals surface area contributed by atoms with Crippen LogP contribution in [-0.2, 0) is 0 Å². The molecule has 1 aliphatic heterocycles. The van der Waals surface area contributed by atoms with Gasteiger partial charge in [-0.1, -0.05) is 54.8 Å². The lowest BCUT2D eigenvalue weighted by molar-refractivity contribution is 0.722. The Bertz CT molecular complexity index is 732. The Morgan fingerprint density at radius 2 is 1.81 bits per heavy atom. The first-order chi connectivity index (χ1) is 12.6. The van der Waals surface area contributed by atoms with Gasteiger partial charge in [0.15, 0.2) is 5.11 Å². The van der Waals surface area contributed by atoms with Crippen LogP contribution in [0.4, 0.5) is 11.8 Å². The molecule has 1 atom stereocenters. The molecule has 2 heterocycles. The van der Waals surface area contributed by atoms with Crippen molar-refractivity contribution in [3.63, 3.8) is 0 Å². The molecule has 0 saturated carbocycles. The second kappa shape index (κ2) is 9.14. The van der Waals surface area contributed by atoms with E-state index in [1.165, 1.54) is 25.7 Å². The second-order valence-corrected chi connectivity index (χ2v) is 7.30. The van der Waals surface area contributed by atoms with Crippen molar-refractivity contribution in [2.45, 2.75) is 38.6 Å². The largest absolute Gasteiger partial charge is 0.356 e. The fraction of sp³-hybridized carbons (Fsp3) is 0.421. The Hall–Kier alpha value is -1.92. The average Bonchev–Trinajstić information content (AvgIpc) is 2.91. The van der Waals surface area contributed by atoms with Gasteiger partial charge in [-0.15, -0.1) is 0 Å². The highest BCUT2D eigenvalue weighted by Crippen LogP contribution is 2.22. The van der Waals surface area contributed by atoms with Crippen LogP contribution in [-0.4, -0.2) is 28.2 Å². The third kappa shape index (κ3) is 5.29. The number of rotatable bonds is 4. The number of aromatic nitrogens is 2. The zero-order valence-electron chi connectivity index (χ0n) is 14.9. The fourth-order valence-electron chi connectivity index (χ4n) is 3.08. The van der Waals surface area contributed by atoms with E-state index in [1.54, 1.807) is 0 Å². The lowest BCUT2D eigenvalue weighted by Crippen LogP contribution is -2.32. The van der Waals surface area contributed by atoms with Crippen LogP contribution in [0.5, 0.6) is 0 Å². The lowest BCUT2D eigenvalue weighted by Gasteiger charge is -2.22. The smallest absolute Gasteiger partial charge is 0.232 e. The van der Waals surface area contributed by atoms with E-state index in [2.05, 4.69) is 44.6 Å². The molecule has 1 aromatic heterocycles. The number of thiocarbonyl (C=S) groups is 1. The molecule has 1 aromatic carbocycles. The molecule has 2 N–H and O–H groups in total. The van der Waals surface area contributed by atoms with Crippen LogP contribution in [0.25, 0.3) is 0 Å². The summed E-state index contributed by atoms with van der Waals surface area (Å²) < 4.78 is 0. The number of nitrogens with one attached hydrogen (secondary N) is 2. The summed E-state index contributed by atoms with van der Waals surface area (Å²) >= 11 is 11.6. The van der Waals surface area contributed by atoms with Crippen molar-refractivity contribution in [2.75, 3.05) is 23.3 Å². The first-order valence-electron chi connectivity index (χ1n) is 9.04. The molecule has 1 aliphatic rings. The number of hydrogen-bond donors (Lipinski definition) is 2. The Morgan fingerprint density at radius 1 is 1.12 bits per heavy atom. The van der Waals surface area contributed by atoms with Crippen molar-refractivity contribution in [1.82, 2.24) is 15.3 Å². The van der Waals surface area contributed by atoms with Crippen molar-refractivity contribution >= 4 is 40.7 Å². The number of halogens is 1. The summed E-state index contributed by atoms with van der Waals surface area (Å²) in [6, 6.07) is 12.1. The maximum Gasteiger partial charge on any atom is 0.232 e. The van der Waals surface area contributed by atoms with Crippen LogP contribution in [0.1, 0.15) is 44.2 Å². The highest BCUT2D eigenvalue weighted by molar-refractivity contribution is 7.80. The van der Waals surface area contributed by atoms with Gasteiger partial charge in [0.1, 0.15) is 11.0 Å². The van der Waals surface area contributed by atoms with Gasteiger partial charge in [-0.05, 0) is 37.5 Å². The summed E-state index contributed by atoms with van der Waals surface area (Å²) in [5, 5.41) is 7.22. The molecule has 7 heteroatoms. The van der Waals surface area contributed by atoms with Gasteiger partial charge in [0.25, 0.3) is 0 Å². The Morgan fingerprint density at radius 3 is 2.50 bits per heavy atom. The molecule has 0 amide bonds. The van der Waals surface area contributed by atoms with Crippen LogP contribution in [0, 0.1) is 0 Å². The predicted octanol–water partition coefficient (Wildman–Crippen LogP) is 4.56. The summed E-state index contributed by atoms with van der Waals surface area (Å²) in [5.41, 5.74) is 1.16. The summed E-state index contributed by atoms with van der Waals surface area (Å²) in [4.78, 5) is 11.1. The molecule has 2 aromatic rings. The van der Waals surface area contributed by atoms with E-state index in [4.69, 9.17) is 23.8 Å². The fourth-order valence-corrected chi connectivity index (χ4v) is 3.53. The maximum absolute atomic E-state index is 6.21. The molecule has 26 heavy (non-hydrogen) atoms. The van der Waals surface area contributed by atoms with Crippen molar-refractivity contribution in [3.05, 3.63) is 47.1 Å². The Labute approximate surface area is 165 Å². The topological polar surface area (TPSA) is 53.1 Å².